The molecule has 0 saturated carbocycles. The van der Waals surface area contributed by atoms with Gasteiger partial charge in [-0.05, 0) is 24.1 Å². The highest BCUT2D eigenvalue weighted by Gasteiger charge is 2.12. The Balaban J connectivity index is 1.86. The smallest absolute Gasteiger partial charge is 0.253 e. The highest BCUT2D eigenvalue weighted by Crippen LogP contribution is 2.17. The molecule has 2 aromatic rings. The van der Waals surface area contributed by atoms with E-state index in [4.69, 9.17) is 0 Å². The third kappa shape index (κ3) is 6.63. The van der Waals surface area contributed by atoms with E-state index >= 15 is 0 Å². The third-order valence-corrected chi connectivity index (χ3v) is 4.61. The molecule has 0 unspecified atom stereocenters. The van der Waals surface area contributed by atoms with E-state index in [0.29, 0.717) is 23.5 Å². The van der Waals surface area contributed by atoms with E-state index in [2.05, 4.69) is 17.6 Å². The molecule has 25 heavy (non-hydrogen) atoms. The SMILES string of the molecule is CCCCNC(=O)c1ccccc1NC(=O)CSCc1ccccc1. The standard InChI is InChI=1S/C20H24N2O2S/c1-2-3-13-21-20(24)17-11-7-8-12-18(17)22-19(23)15-25-14-16-9-5-4-6-10-16/h4-12H,2-3,13-15H2,1H3,(H,21,24)(H,22,23). The number of hydrogen-bond acceptors (Lipinski definition) is 3. The largest absolute Gasteiger partial charge is 0.352 e. The van der Waals surface area contributed by atoms with Crippen molar-refractivity contribution in [2.24, 2.45) is 0 Å². The molecule has 0 aliphatic carbocycles. The molecule has 0 aromatic heterocycles. The van der Waals surface area contributed by atoms with Crippen LogP contribution >= 0.6 is 11.8 Å². The van der Waals surface area contributed by atoms with Gasteiger partial charge in [0.25, 0.3) is 5.91 Å². The lowest BCUT2D eigenvalue weighted by Crippen LogP contribution is -2.26. The summed E-state index contributed by atoms with van der Waals surface area (Å²) in [5.74, 6) is 0.879. The molecule has 0 radical (unpaired) electrons. The van der Waals surface area contributed by atoms with E-state index in [0.717, 1.165) is 18.6 Å². The van der Waals surface area contributed by atoms with Crippen LogP contribution in [0, 0.1) is 0 Å². The number of amides is 2. The van der Waals surface area contributed by atoms with Gasteiger partial charge in [-0.15, -0.1) is 11.8 Å². The average Bonchev–Trinajstić information content (AvgIpc) is 2.63. The zero-order valence-corrected chi connectivity index (χ0v) is 15.3. The summed E-state index contributed by atoms with van der Waals surface area (Å²) in [5, 5.41) is 5.73. The van der Waals surface area contributed by atoms with Crippen LogP contribution in [0.4, 0.5) is 5.69 Å². The fourth-order valence-corrected chi connectivity index (χ4v) is 3.07. The summed E-state index contributed by atoms with van der Waals surface area (Å²) >= 11 is 1.55. The predicted molar refractivity (Wildman–Crippen MR) is 105 cm³/mol. The lowest BCUT2D eigenvalue weighted by Gasteiger charge is -2.11. The number of nitrogens with one attached hydrogen (secondary N) is 2. The molecule has 0 aliphatic rings. The molecule has 2 N–H and O–H groups in total. The minimum Gasteiger partial charge on any atom is -0.352 e. The second-order valence-corrected chi connectivity index (χ2v) is 6.67. The first-order chi connectivity index (χ1) is 12.2. The Bertz CT molecular complexity index is 689. The highest BCUT2D eigenvalue weighted by atomic mass is 32.2. The van der Waals surface area contributed by atoms with Crippen molar-refractivity contribution in [1.82, 2.24) is 5.32 Å². The molecule has 132 valence electrons. The monoisotopic (exact) mass is 356 g/mol. The summed E-state index contributed by atoms with van der Waals surface area (Å²) < 4.78 is 0. The second-order valence-electron chi connectivity index (χ2n) is 5.68. The van der Waals surface area contributed by atoms with Crippen molar-refractivity contribution in [3.05, 3.63) is 65.7 Å². The highest BCUT2D eigenvalue weighted by molar-refractivity contribution is 7.99. The lowest BCUT2D eigenvalue weighted by atomic mass is 10.1. The van der Waals surface area contributed by atoms with E-state index in [1.54, 1.807) is 30.0 Å². The van der Waals surface area contributed by atoms with Gasteiger partial charge in [0.2, 0.25) is 5.91 Å². The molecule has 0 aliphatic heterocycles. The number of carbonyl (C=O) groups is 2. The summed E-state index contributed by atoms with van der Waals surface area (Å²) in [4.78, 5) is 24.4. The van der Waals surface area contributed by atoms with Crippen LogP contribution in [-0.2, 0) is 10.5 Å². The quantitative estimate of drug-likeness (QED) is 0.665. The average molecular weight is 356 g/mol. The Labute approximate surface area is 153 Å². The number of unbranched alkanes of at least 4 members (excludes halogenated alkanes) is 1. The van der Waals surface area contributed by atoms with E-state index in [-0.39, 0.29) is 11.8 Å². The third-order valence-electron chi connectivity index (χ3n) is 3.61. The Hall–Kier alpha value is -2.27. The maximum Gasteiger partial charge on any atom is 0.253 e. The first-order valence-corrected chi connectivity index (χ1v) is 9.65. The number of para-hydroxylation sites is 1. The molecule has 0 heterocycles. The van der Waals surface area contributed by atoms with Gasteiger partial charge >= 0.3 is 0 Å². The van der Waals surface area contributed by atoms with Gasteiger partial charge in [-0.25, -0.2) is 0 Å². The molecule has 2 amide bonds. The van der Waals surface area contributed by atoms with Gasteiger partial charge in [0.1, 0.15) is 0 Å². The number of thioether (sulfide) groups is 1. The summed E-state index contributed by atoms with van der Waals surface area (Å²) in [5.41, 5.74) is 2.25. The molecule has 0 bridgehead atoms. The number of anilines is 1. The Kier molecular flexibility index (Phi) is 8.05. The van der Waals surface area contributed by atoms with Crippen LogP contribution < -0.4 is 10.6 Å². The van der Waals surface area contributed by atoms with Gasteiger partial charge in [-0.2, -0.15) is 0 Å². The minimum atomic E-state index is -0.152. The normalized spacial score (nSPS) is 10.3. The molecule has 0 atom stereocenters. The van der Waals surface area contributed by atoms with Gasteiger partial charge in [0.15, 0.2) is 0 Å². The molecule has 2 aromatic carbocycles. The number of benzene rings is 2. The van der Waals surface area contributed by atoms with Gasteiger partial charge in [0.05, 0.1) is 17.0 Å². The van der Waals surface area contributed by atoms with Crippen LogP contribution in [0.5, 0.6) is 0 Å². The number of hydrogen-bond donors (Lipinski definition) is 2. The molecular formula is C20H24N2O2S. The van der Waals surface area contributed by atoms with Gasteiger partial charge in [-0.1, -0.05) is 55.8 Å². The maximum absolute atomic E-state index is 12.3. The van der Waals surface area contributed by atoms with Gasteiger partial charge in [-0.3, -0.25) is 9.59 Å². The summed E-state index contributed by atoms with van der Waals surface area (Å²) in [6.07, 6.45) is 1.97. The Morgan fingerprint density at radius 3 is 2.48 bits per heavy atom. The van der Waals surface area contributed by atoms with E-state index < -0.39 is 0 Å². The predicted octanol–water partition coefficient (Wildman–Crippen LogP) is 4.09. The fraction of sp³-hybridized carbons (Fsp3) is 0.300. The summed E-state index contributed by atoms with van der Waals surface area (Å²) in [7, 11) is 0. The molecule has 2 rings (SSSR count). The summed E-state index contributed by atoms with van der Waals surface area (Å²) in [6, 6.07) is 17.1. The second kappa shape index (κ2) is 10.6. The minimum absolute atomic E-state index is 0.102. The lowest BCUT2D eigenvalue weighted by molar-refractivity contribution is -0.113. The molecule has 0 saturated heterocycles. The zero-order valence-electron chi connectivity index (χ0n) is 14.5. The van der Waals surface area contributed by atoms with Crippen LogP contribution in [0.3, 0.4) is 0 Å². The summed E-state index contributed by atoms with van der Waals surface area (Å²) in [6.45, 7) is 2.72. The van der Waals surface area contributed by atoms with Crippen molar-refractivity contribution in [2.75, 3.05) is 17.6 Å². The van der Waals surface area contributed by atoms with E-state index in [1.165, 1.54) is 5.56 Å². The van der Waals surface area contributed by atoms with Crippen molar-refractivity contribution < 1.29 is 9.59 Å². The molecule has 0 spiro atoms. The van der Waals surface area contributed by atoms with Gasteiger partial charge in [0, 0.05) is 12.3 Å². The number of rotatable bonds is 9. The Morgan fingerprint density at radius 2 is 1.72 bits per heavy atom. The maximum atomic E-state index is 12.3. The zero-order chi connectivity index (χ0) is 17.9. The molecule has 4 nitrogen and oxygen atoms in total. The van der Waals surface area contributed by atoms with Crippen molar-refractivity contribution in [1.29, 1.82) is 0 Å². The molecule has 5 heteroatoms. The van der Waals surface area contributed by atoms with Gasteiger partial charge < -0.3 is 10.6 Å². The molecule has 0 fully saturated rings. The van der Waals surface area contributed by atoms with Crippen LogP contribution in [0.25, 0.3) is 0 Å². The van der Waals surface area contributed by atoms with Crippen molar-refractivity contribution in [3.8, 4) is 0 Å². The first-order valence-electron chi connectivity index (χ1n) is 8.49. The van der Waals surface area contributed by atoms with Crippen molar-refractivity contribution in [3.63, 3.8) is 0 Å². The first kappa shape index (κ1) is 19.1. The van der Waals surface area contributed by atoms with E-state index in [9.17, 15) is 9.59 Å². The topological polar surface area (TPSA) is 58.2 Å². The van der Waals surface area contributed by atoms with Crippen LogP contribution in [0.1, 0.15) is 35.7 Å². The van der Waals surface area contributed by atoms with E-state index in [1.807, 2.05) is 36.4 Å². The van der Waals surface area contributed by atoms with Crippen molar-refractivity contribution in [2.45, 2.75) is 25.5 Å². The molecular weight excluding hydrogens is 332 g/mol. The fourth-order valence-electron chi connectivity index (χ4n) is 2.29. The number of carbonyl (C=O) groups excluding carboxylic acids is 2. The Morgan fingerprint density at radius 1 is 1.00 bits per heavy atom. The van der Waals surface area contributed by atoms with Crippen LogP contribution in [0.15, 0.2) is 54.6 Å². The van der Waals surface area contributed by atoms with Crippen LogP contribution in [-0.4, -0.2) is 24.1 Å². The van der Waals surface area contributed by atoms with Crippen LogP contribution in [0.2, 0.25) is 0 Å². The van der Waals surface area contributed by atoms with Crippen molar-refractivity contribution >= 4 is 29.3 Å².